The molecule has 0 spiro atoms. The summed E-state index contributed by atoms with van der Waals surface area (Å²) in [7, 11) is 0. The van der Waals surface area contributed by atoms with Crippen LogP contribution >= 0.6 is 11.8 Å². The molecule has 118 valence electrons. The van der Waals surface area contributed by atoms with Crippen LogP contribution in [0.1, 0.15) is 31.4 Å². The van der Waals surface area contributed by atoms with Crippen LogP contribution in [0.4, 0.5) is 18.0 Å². The number of benzene rings is 1. The number of amides is 2. The topological polar surface area (TPSA) is 37.4 Å². The second-order valence-corrected chi connectivity index (χ2v) is 5.93. The lowest BCUT2D eigenvalue weighted by atomic mass is 10.1. The number of alkyl halides is 3. The summed E-state index contributed by atoms with van der Waals surface area (Å²) in [5, 5.41) is -0.391. The van der Waals surface area contributed by atoms with Crippen LogP contribution in [0.2, 0.25) is 0 Å². The summed E-state index contributed by atoms with van der Waals surface area (Å²) in [6, 6.07) is 4.42. The van der Waals surface area contributed by atoms with Crippen LogP contribution in [0.5, 0.6) is 0 Å². The van der Waals surface area contributed by atoms with Crippen LogP contribution < -0.4 is 0 Å². The molecule has 22 heavy (non-hydrogen) atoms. The van der Waals surface area contributed by atoms with Crippen molar-refractivity contribution in [3.8, 4) is 0 Å². The number of imide groups is 1. The summed E-state index contributed by atoms with van der Waals surface area (Å²) in [5.41, 5.74) is -0.549. The molecule has 1 aliphatic heterocycles. The summed E-state index contributed by atoms with van der Waals surface area (Å²) in [6.07, 6.45) is -2.50. The predicted octanol–water partition coefficient (Wildman–Crippen LogP) is 4.54. The van der Waals surface area contributed by atoms with Gasteiger partial charge in [0, 0.05) is 6.04 Å². The van der Waals surface area contributed by atoms with Gasteiger partial charge in [-0.05, 0) is 48.9 Å². The van der Waals surface area contributed by atoms with Gasteiger partial charge in [-0.3, -0.25) is 14.5 Å². The smallest absolute Gasteiger partial charge is 0.268 e. The molecule has 3 nitrogen and oxygen atoms in total. The molecule has 7 heteroatoms. The van der Waals surface area contributed by atoms with Gasteiger partial charge in [0.1, 0.15) is 0 Å². The van der Waals surface area contributed by atoms with Crippen LogP contribution in [-0.4, -0.2) is 22.1 Å². The van der Waals surface area contributed by atoms with E-state index in [0.717, 1.165) is 28.8 Å². The molecule has 1 saturated heterocycles. The third-order valence-electron chi connectivity index (χ3n) is 3.37. The average Bonchev–Trinajstić information content (AvgIpc) is 2.72. The van der Waals surface area contributed by atoms with Crippen LogP contribution in [0.25, 0.3) is 6.08 Å². The number of thioether (sulfide) groups is 1. The van der Waals surface area contributed by atoms with Crippen molar-refractivity contribution in [1.82, 2.24) is 4.90 Å². The monoisotopic (exact) mass is 329 g/mol. The Balaban J connectivity index is 2.31. The van der Waals surface area contributed by atoms with Gasteiger partial charge in [0.25, 0.3) is 11.1 Å². The molecule has 1 aromatic rings. The minimum Gasteiger partial charge on any atom is -0.268 e. The van der Waals surface area contributed by atoms with Crippen LogP contribution in [0.3, 0.4) is 0 Å². The second-order valence-electron chi connectivity index (χ2n) is 4.93. The lowest BCUT2D eigenvalue weighted by Crippen LogP contribution is -2.36. The fourth-order valence-corrected chi connectivity index (χ4v) is 2.93. The third kappa shape index (κ3) is 3.35. The molecule has 2 rings (SSSR count). The van der Waals surface area contributed by atoms with Gasteiger partial charge in [0.15, 0.2) is 0 Å². The maximum atomic E-state index is 12.7. The van der Waals surface area contributed by atoms with E-state index in [-0.39, 0.29) is 16.5 Å². The fraction of sp³-hybridized carbons (Fsp3) is 0.333. The Morgan fingerprint density at radius 3 is 2.59 bits per heavy atom. The number of carbonyl (C=O) groups is 2. The molecular weight excluding hydrogens is 315 g/mol. The van der Waals surface area contributed by atoms with Crippen molar-refractivity contribution in [3.05, 3.63) is 40.3 Å². The highest BCUT2D eigenvalue weighted by atomic mass is 32.2. The molecule has 0 radical (unpaired) electrons. The first-order chi connectivity index (χ1) is 10.2. The van der Waals surface area contributed by atoms with E-state index >= 15 is 0 Å². The molecule has 1 aliphatic rings. The second kappa shape index (κ2) is 6.16. The van der Waals surface area contributed by atoms with Gasteiger partial charge in [-0.25, -0.2) is 0 Å². The standard InChI is InChI=1S/C15H14F3NO2S/c1-3-9(2)19-13(20)12(22-14(19)21)8-10-5-4-6-11(7-10)15(16,17)18/h4-9H,3H2,1-2H3/b12-8+/t9-/m0/s1. The summed E-state index contributed by atoms with van der Waals surface area (Å²) in [6.45, 7) is 3.61. The minimum atomic E-state index is -4.44. The Labute approximate surface area is 130 Å². The fourth-order valence-electron chi connectivity index (χ4n) is 2.00. The maximum absolute atomic E-state index is 12.7. The number of halogens is 3. The van der Waals surface area contributed by atoms with Crippen molar-refractivity contribution in [1.29, 1.82) is 0 Å². The lowest BCUT2D eigenvalue weighted by Gasteiger charge is -2.19. The van der Waals surface area contributed by atoms with E-state index in [0.29, 0.717) is 6.42 Å². The van der Waals surface area contributed by atoms with Gasteiger partial charge in [-0.2, -0.15) is 13.2 Å². The van der Waals surface area contributed by atoms with Crippen molar-refractivity contribution in [3.63, 3.8) is 0 Å². The molecule has 0 aliphatic carbocycles. The molecule has 2 amide bonds. The Kier molecular flexibility index (Phi) is 4.65. The summed E-state index contributed by atoms with van der Waals surface area (Å²) in [4.78, 5) is 25.3. The van der Waals surface area contributed by atoms with E-state index in [2.05, 4.69) is 0 Å². The SMILES string of the molecule is CC[C@H](C)N1C(=O)S/C(=C/c2cccc(C(F)(F)F)c2)C1=O. The Bertz CT molecular complexity index is 640. The minimum absolute atomic E-state index is 0.143. The molecule has 0 unspecified atom stereocenters. The van der Waals surface area contributed by atoms with E-state index in [9.17, 15) is 22.8 Å². The maximum Gasteiger partial charge on any atom is 0.416 e. The Morgan fingerprint density at radius 2 is 2.00 bits per heavy atom. The normalized spacial score (nSPS) is 19.1. The van der Waals surface area contributed by atoms with E-state index in [1.807, 2.05) is 6.92 Å². The zero-order valence-electron chi connectivity index (χ0n) is 12.0. The molecule has 1 heterocycles. The van der Waals surface area contributed by atoms with Gasteiger partial charge < -0.3 is 0 Å². The predicted molar refractivity (Wildman–Crippen MR) is 79.0 cm³/mol. The number of hydrogen-bond acceptors (Lipinski definition) is 3. The largest absolute Gasteiger partial charge is 0.416 e. The van der Waals surface area contributed by atoms with E-state index in [1.54, 1.807) is 6.92 Å². The van der Waals surface area contributed by atoms with Crippen molar-refractivity contribution in [2.75, 3.05) is 0 Å². The zero-order chi connectivity index (χ0) is 16.5. The Hall–Kier alpha value is -1.76. The highest BCUT2D eigenvalue weighted by Crippen LogP contribution is 2.35. The molecule has 1 atom stereocenters. The first-order valence-electron chi connectivity index (χ1n) is 6.68. The van der Waals surface area contributed by atoms with Crippen molar-refractivity contribution in [2.24, 2.45) is 0 Å². The first-order valence-corrected chi connectivity index (χ1v) is 7.50. The number of rotatable bonds is 3. The summed E-state index contributed by atoms with van der Waals surface area (Å²) >= 11 is 0.751. The van der Waals surface area contributed by atoms with Gasteiger partial charge in [0.2, 0.25) is 0 Å². The van der Waals surface area contributed by atoms with Gasteiger partial charge in [-0.1, -0.05) is 19.1 Å². The van der Waals surface area contributed by atoms with Gasteiger partial charge in [-0.15, -0.1) is 0 Å². The van der Waals surface area contributed by atoms with Crippen LogP contribution in [0.15, 0.2) is 29.2 Å². The lowest BCUT2D eigenvalue weighted by molar-refractivity contribution is -0.137. The van der Waals surface area contributed by atoms with E-state index in [4.69, 9.17) is 0 Å². The van der Waals surface area contributed by atoms with Crippen LogP contribution in [0, 0.1) is 0 Å². The third-order valence-corrected chi connectivity index (χ3v) is 4.25. The van der Waals surface area contributed by atoms with E-state index < -0.39 is 22.9 Å². The average molecular weight is 329 g/mol. The number of hydrogen-bond donors (Lipinski definition) is 0. The molecule has 0 saturated carbocycles. The van der Waals surface area contributed by atoms with Crippen LogP contribution in [-0.2, 0) is 11.0 Å². The van der Waals surface area contributed by atoms with Crippen molar-refractivity contribution in [2.45, 2.75) is 32.5 Å². The molecule has 0 aromatic heterocycles. The molecular formula is C15H14F3NO2S. The highest BCUT2D eigenvalue weighted by molar-refractivity contribution is 8.18. The molecule has 0 N–H and O–H groups in total. The summed E-state index contributed by atoms with van der Waals surface area (Å²) in [5.74, 6) is -0.457. The quantitative estimate of drug-likeness (QED) is 0.764. The molecule has 1 fully saturated rings. The van der Waals surface area contributed by atoms with E-state index in [1.165, 1.54) is 18.2 Å². The molecule has 1 aromatic carbocycles. The van der Waals surface area contributed by atoms with Crippen molar-refractivity contribution < 1.29 is 22.8 Å². The van der Waals surface area contributed by atoms with Gasteiger partial charge >= 0.3 is 6.18 Å². The Morgan fingerprint density at radius 1 is 1.32 bits per heavy atom. The highest BCUT2D eigenvalue weighted by Gasteiger charge is 2.37. The van der Waals surface area contributed by atoms with Gasteiger partial charge in [0.05, 0.1) is 10.5 Å². The first kappa shape index (κ1) is 16.6. The summed E-state index contributed by atoms with van der Waals surface area (Å²) < 4.78 is 38.0. The number of carbonyl (C=O) groups excluding carboxylic acids is 2. The zero-order valence-corrected chi connectivity index (χ0v) is 12.8. The van der Waals surface area contributed by atoms with Crippen molar-refractivity contribution >= 4 is 29.0 Å². The number of nitrogens with zero attached hydrogens (tertiary/aromatic N) is 1. The molecule has 0 bridgehead atoms.